The predicted octanol–water partition coefficient (Wildman–Crippen LogP) is 2.50. The van der Waals surface area contributed by atoms with Crippen LogP contribution in [0.15, 0.2) is 0 Å². The summed E-state index contributed by atoms with van der Waals surface area (Å²) in [5, 5.41) is 0. The van der Waals surface area contributed by atoms with Crippen molar-refractivity contribution in [1.82, 2.24) is 4.90 Å². The molecule has 0 amide bonds. The Hall–Kier alpha value is 0.440. The van der Waals surface area contributed by atoms with Crippen LogP contribution in [-0.2, 0) is 0 Å². The van der Waals surface area contributed by atoms with Crippen molar-refractivity contribution in [3.63, 3.8) is 0 Å². The SMILES string of the molecule is CN1CC[C@@H]2C[C@H](Br)CC[C@@H]2C1. The highest BCUT2D eigenvalue weighted by molar-refractivity contribution is 9.09. The molecule has 2 heteroatoms. The van der Waals surface area contributed by atoms with Crippen molar-refractivity contribution in [2.45, 2.75) is 30.5 Å². The van der Waals surface area contributed by atoms with E-state index in [-0.39, 0.29) is 0 Å². The molecule has 0 N–H and O–H groups in total. The quantitative estimate of drug-likeness (QED) is 0.580. The summed E-state index contributed by atoms with van der Waals surface area (Å²) in [6.07, 6.45) is 5.71. The Bertz CT molecular complexity index is 142. The lowest BCUT2D eigenvalue weighted by atomic mass is 9.75. The van der Waals surface area contributed by atoms with Crippen LogP contribution in [0.2, 0.25) is 0 Å². The van der Waals surface area contributed by atoms with E-state index in [9.17, 15) is 0 Å². The van der Waals surface area contributed by atoms with Crippen LogP contribution >= 0.6 is 15.9 Å². The van der Waals surface area contributed by atoms with Gasteiger partial charge in [0.15, 0.2) is 0 Å². The third-order valence-electron chi connectivity index (χ3n) is 3.50. The van der Waals surface area contributed by atoms with Gasteiger partial charge in [-0.1, -0.05) is 15.9 Å². The van der Waals surface area contributed by atoms with Crippen LogP contribution in [0.25, 0.3) is 0 Å². The minimum Gasteiger partial charge on any atom is -0.306 e. The van der Waals surface area contributed by atoms with E-state index in [1.807, 2.05) is 0 Å². The summed E-state index contributed by atoms with van der Waals surface area (Å²) in [5.41, 5.74) is 0. The van der Waals surface area contributed by atoms with Crippen LogP contribution in [0.4, 0.5) is 0 Å². The Kier molecular flexibility index (Phi) is 2.75. The summed E-state index contributed by atoms with van der Waals surface area (Å²) < 4.78 is 0. The van der Waals surface area contributed by atoms with Crippen LogP contribution in [0.1, 0.15) is 25.7 Å². The predicted molar refractivity (Wildman–Crippen MR) is 55.7 cm³/mol. The lowest BCUT2D eigenvalue weighted by Gasteiger charge is -2.41. The maximum atomic E-state index is 3.75. The average Bonchev–Trinajstić information content (AvgIpc) is 2.05. The van der Waals surface area contributed by atoms with E-state index in [0.29, 0.717) is 0 Å². The largest absolute Gasteiger partial charge is 0.306 e. The highest BCUT2D eigenvalue weighted by atomic mass is 79.9. The van der Waals surface area contributed by atoms with Crippen molar-refractivity contribution >= 4 is 15.9 Å². The fourth-order valence-corrected chi connectivity index (χ4v) is 3.49. The van der Waals surface area contributed by atoms with E-state index in [1.165, 1.54) is 38.8 Å². The van der Waals surface area contributed by atoms with Crippen LogP contribution in [-0.4, -0.2) is 29.9 Å². The summed E-state index contributed by atoms with van der Waals surface area (Å²) in [6, 6.07) is 0. The number of alkyl halides is 1. The topological polar surface area (TPSA) is 3.24 Å². The summed E-state index contributed by atoms with van der Waals surface area (Å²) in [7, 11) is 2.26. The first-order valence-electron chi connectivity index (χ1n) is 5.08. The molecule has 1 aliphatic heterocycles. The number of nitrogens with zero attached hydrogens (tertiary/aromatic N) is 1. The van der Waals surface area contributed by atoms with Gasteiger partial charge in [0.1, 0.15) is 0 Å². The highest BCUT2D eigenvalue weighted by Crippen LogP contribution is 2.38. The van der Waals surface area contributed by atoms with Gasteiger partial charge in [-0.3, -0.25) is 0 Å². The number of rotatable bonds is 0. The maximum absolute atomic E-state index is 3.75. The maximum Gasteiger partial charge on any atom is 0.0148 e. The molecular formula is C10H18BrN. The van der Waals surface area contributed by atoms with Gasteiger partial charge in [0.2, 0.25) is 0 Å². The van der Waals surface area contributed by atoms with Gasteiger partial charge in [-0.15, -0.1) is 0 Å². The van der Waals surface area contributed by atoms with Crippen LogP contribution in [0, 0.1) is 11.8 Å². The van der Waals surface area contributed by atoms with E-state index < -0.39 is 0 Å². The molecule has 1 nitrogen and oxygen atoms in total. The molecule has 0 unspecified atom stereocenters. The molecule has 2 aliphatic rings. The first kappa shape index (κ1) is 9.01. The number of piperidine rings is 1. The van der Waals surface area contributed by atoms with E-state index >= 15 is 0 Å². The van der Waals surface area contributed by atoms with E-state index in [4.69, 9.17) is 0 Å². The second-order valence-corrected chi connectivity index (χ2v) is 5.78. The van der Waals surface area contributed by atoms with Gasteiger partial charge in [0, 0.05) is 11.4 Å². The van der Waals surface area contributed by atoms with Crippen LogP contribution < -0.4 is 0 Å². The molecular weight excluding hydrogens is 214 g/mol. The third kappa shape index (κ3) is 1.85. The molecule has 3 atom stereocenters. The van der Waals surface area contributed by atoms with Gasteiger partial charge in [-0.25, -0.2) is 0 Å². The molecule has 12 heavy (non-hydrogen) atoms. The molecule has 1 saturated heterocycles. The smallest absolute Gasteiger partial charge is 0.0148 e. The molecule has 2 rings (SSSR count). The second-order valence-electron chi connectivity index (χ2n) is 4.48. The standard InChI is InChI=1S/C10H18BrN/c1-12-5-4-8-6-10(11)3-2-9(8)7-12/h8-10H,2-7H2,1H3/t8-,9-,10-/m1/s1. The van der Waals surface area contributed by atoms with Gasteiger partial charge in [0.25, 0.3) is 0 Å². The van der Waals surface area contributed by atoms with E-state index in [2.05, 4.69) is 27.9 Å². The van der Waals surface area contributed by atoms with Gasteiger partial charge >= 0.3 is 0 Å². The summed E-state index contributed by atoms with van der Waals surface area (Å²) in [6.45, 7) is 2.67. The molecule has 0 aromatic rings. The minimum atomic E-state index is 0.821. The summed E-state index contributed by atoms with van der Waals surface area (Å²) >= 11 is 3.75. The van der Waals surface area contributed by atoms with Gasteiger partial charge < -0.3 is 4.90 Å². The molecule has 1 saturated carbocycles. The first-order valence-corrected chi connectivity index (χ1v) is 6.00. The van der Waals surface area contributed by atoms with Crippen molar-refractivity contribution in [1.29, 1.82) is 0 Å². The monoisotopic (exact) mass is 231 g/mol. The zero-order valence-electron chi connectivity index (χ0n) is 7.80. The fourth-order valence-electron chi connectivity index (χ4n) is 2.74. The number of fused-ring (bicyclic) bond motifs is 1. The normalized spacial score (nSPS) is 44.0. The minimum absolute atomic E-state index is 0.821. The Morgan fingerprint density at radius 2 is 2.00 bits per heavy atom. The highest BCUT2D eigenvalue weighted by Gasteiger charge is 2.32. The molecule has 0 spiro atoms. The van der Waals surface area contributed by atoms with Gasteiger partial charge in [0.05, 0.1) is 0 Å². The van der Waals surface area contributed by atoms with Gasteiger partial charge in [-0.05, 0) is 51.1 Å². The molecule has 1 heterocycles. The molecule has 0 aromatic heterocycles. The van der Waals surface area contributed by atoms with Gasteiger partial charge in [-0.2, -0.15) is 0 Å². The zero-order valence-corrected chi connectivity index (χ0v) is 9.39. The van der Waals surface area contributed by atoms with Crippen molar-refractivity contribution in [2.75, 3.05) is 20.1 Å². The average molecular weight is 232 g/mol. The Labute approximate surface area is 83.6 Å². The van der Waals surface area contributed by atoms with Crippen molar-refractivity contribution in [3.05, 3.63) is 0 Å². The van der Waals surface area contributed by atoms with Crippen LogP contribution in [0.5, 0.6) is 0 Å². The van der Waals surface area contributed by atoms with E-state index in [1.54, 1.807) is 0 Å². The number of hydrogen-bond acceptors (Lipinski definition) is 1. The molecule has 2 fully saturated rings. The molecule has 1 aliphatic carbocycles. The lowest BCUT2D eigenvalue weighted by molar-refractivity contribution is 0.108. The molecule has 70 valence electrons. The number of hydrogen-bond donors (Lipinski definition) is 0. The van der Waals surface area contributed by atoms with Crippen molar-refractivity contribution in [3.8, 4) is 0 Å². The second kappa shape index (κ2) is 3.67. The summed E-state index contributed by atoms with van der Waals surface area (Å²) in [4.78, 5) is 3.32. The Morgan fingerprint density at radius 1 is 1.17 bits per heavy atom. The summed E-state index contributed by atoms with van der Waals surface area (Å²) in [5.74, 6) is 2.04. The fraction of sp³-hybridized carbons (Fsp3) is 1.00. The van der Waals surface area contributed by atoms with Crippen molar-refractivity contribution < 1.29 is 0 Å². The van der Waals surface area contributed by atoms with Crippen LogP contribution in [0.3, 0.4) is 0 Å². The van der Waals surface area contributed by atoms with Crippen molar-refractivity contribution in [2.24, 2.45) is 11.8 Å². The zero-order chi connectivity index (χ0) is 8.55. The Balaban J connectivity index is 1.94. The number of likely N-dealkylation sites (tertiary alicyclic amines) is 1. The van der Waals surface area contributed by atoms with E-state index in [0.717, 1.165) is 16.7 Å². The lowest BCUT2D eigenvalue weighted by Crippen LogP contribution is -2.41. The number of halogens is 1. The molecule has 0 bridgehead atoms. The first-order chi connectivity index (χ1) is 5.75. The molecule has 0 radical (unpaired) electrons. The molecule has 0 aromatic carbocycles. The Morgan fingerprint density at radius 3 is 2.83 bits per heavy atom. The third-order valence-corrected chi connectivity index (χ3v) is 4.34.